The molecule has 7 heteroatoms. The highest BCUT2D eigenvalue weighted by molar-refractivity contribution is 7.91. The number of hydrogen-bond acceptors (Lipinski definition) is 5. The predicted molar refractivity (Wildman–Crippen MR) is 81.3 cm³/mol. The molecule has 0 aliphatic heterocycles. The van der Waals surface area contributed by atoms with Gasteiger partial charge in [-0.3, -0.25) is 4.98 Å². The third-order valence-corrected chi connectivity index (χ3v) is 4.62. The van der Waals surface area contributed by atoms with Crippen molar-refractivity contribution in [1.82, 2.24) is 10.3 Å². The Hall–Kier alpha value is -2.41. The minimum atomic E-state index is -3.26. The van der Waals surface area contributed by atoms with E-state index in [4.69, 9.17) is 4.74 Å². The van der Waals surface area contributed by atoms with Gasteiger partial charge in [0, 0.05) is 6.20 Å². The maximum Gasteiger partial charge on any atom is 0.412 e. The quantitative estimate of drug-likeness (QED) is 0.912. The summed E-state index contributed by atoms with van der Waals surface area (Å²) in [6.45, 7) is 1.72. The van der Waals surface area contributed by atoms with Crippen molar-refractivity contribution >= 4 is 15.9 Å². The molecule has 1 aromatic carbocycles. The van der Waals surface area contributed by atoms with Crippen molar-refractivity contribution in [2.75, 3.05) is 5.75 Å². The summed E-state index contributed by atoms with van der Waals surface area (Å²) in [4.78, 5) is 15.8. The Morgan fingerprint density at radius 1 is 1.18 bits per heavy atom. The highest BCUT2D eigenvalue weighted by atomic mass is 32.2. The molecule has 22 heavy (non-hydrogen) atoms. The molecule has 0 aliphatic rings. The monoisotopic (exact) mass is 320 g/mol. The number of aromatic nitrogens is 1. The van der Waals surface area contributed by atoms with Crippen LogP contribution in [0.25, 0.3) is 0 Å². The van der Waals surface area contributed by atoms with Gasteiger partial charge in [0.2, 0.25) is 0 Å². The number of nitrogens with one attached hydrogen (secondary N) is 1. The number of ether oxygens (including phenoxy) is 1. The molecule has 0 aliphatic carbocycles. The van der Waals surface area contributed by atoms with Gasteiger partial charge in [-0.25, -0.2) is 13.2 Å². The van der Waals surface area contributed by atoms with E-state index in [0.717, 1.165) is 0 Å². The molecule has 6 nitrogen and oxygen atoms in total. The number of hydrogen-bond donors (Lipinski definition) is 1. The Morgan fingerprint density at radius 2 is 1.91 bits per heavy atom. The van der Waals surface area contributed by atoms with E-state index in [2.05, 4.69) is 10.3 Å². The Morgan fingerprint density at radius 3 is 2.50 bits per heavy atom. The number of amides is 1. The minimum Gasteiger partial charge on any atom is -0.410 e. The topological polar surface area (TPSA) is 85.4 Å². The maximum atomic E-state index is 11.7. The first-order valence-corrected chi connectivity index (χ1v) is 8.35. The van der Waals surface area contributed by atoms with Crippen LogP contribution in [0.4, 0.5) is 4.79 Å². The van der Waals surface area contributed by atoms with Crippen LogP contribution in [0.2, 0.25) is 0 Å². The number of carbonyl (C=O) groups excluding carboxylic acids is 1. The summed E-state index contributed by atoms with van der Waals surface area (Å²) in [7, 11) is -3.26. The average molecular weight is 320 g/mol. The number of sulfone groups is 1. The van der Waals surface area contributed by atoms with Crippen molar-refractivity contribution in [3.63, 3.8) is 0 Å². The lowest BCUT2D eigenvalue weighted by Gasteiger charge is -2.07. The van der Waals surface area contributed by atoms with Gasteiger partial charge in [0.25, 0.3) is 0 Å². The minimum absolute atomic E-state index is 0.0235. The van der Waals surface area contributed by atoms with E-state index in [1.54, 1.807) is 37.3 Å². The molecule has 2 aromatic rings. The van der Waals surface area contributed by atoms with Crippen molar-refractivity contribution in [2.24, 2.45) is 0 Å². The van der Waals surface area contributed by atoms with Crippen LogP contribution in [0.1, 0.15) is 12.6 Å². The molecular weight excluding hydrogens is 304 g/mol. The second kappa shape index (κ2) is 7.04. The summed E-state index contributed by atoms with van der Waals surface area (Å²) in [6, 6.07) is 11.7. The first kappa shape index (κ1) is 16.0. The van der Waals surface area contributed by atoms with E-state index < -0.39 is 15.9 Å². The molecule has 1 N–H and O–H groups in total. The molecule has 1 aromatic heterocycles. The van der Waals surface area contributed by atoms with Crippen molar-refractivity contribution in [3.8, 4) is 5.75 Å². The Labute approximate surface area is 129 Å². The van der Waals surface area contributed by atoms with Gasteiger partial charge < -0.3 is 10.1 Å². The molecule has 0 radical (unpaired) electrons. The lowest BCUT2D eigenvalue weighted by atomic mass is 10.3. The number of rotatable bonds is 5. The van der Waals surface area contributed by atoms with Gasteiger partial charge in [0.1, 0.15) is 5.75 Å². The maximum absolute atomic E-state index is 11.7. The van der Waals surface area contributed by atoms with Crippen LogP contribution in [0.15, 0.2) is 53.6 Å². The van der Waals surface area contributed by atoms with E-state index in [-0.39, 0.29) is 17.2 Å². The van der Waals surface area contributed by atoms with E-state index in [1.165, 1.54) is 12.3 Å². The number of para-hydroxylation sites is 1. The summed E-state index contributed by atoms with van der Waals surface area (Å²) in [5, 5.41) is 2.55. The SMILES string of the molecule is CCS(=O)(=O)c1ccc(CNC(=O)Oc2ccccc2)nc1. The molecule has 0 saturated heterocycles. The fourth-order valence-corrected chi connectivity index (χ4v) is 2.48. The highest BCUT2D eigenvalue weighted by Gasteiger charge is 2.12. The van der Waals surface area contributed by atoms with E-state index in [0.29, 0.717) is 11.4 Å². The van der Waals surface area contributed by atoms with Gasteiger partial charge in [-0.2, -0.15) is 0 Å². The summed E-state index contributed by atoms with van der Waals surface area (Å²) in [5.74, 6) is 0.465. The number of pyridine rings is 1. The zero-order valence-electron chi connectivity index (χ0n) is 12.0. The average Bonchev–Trinajstić information content (AvgIpc) is 2.54. The Bertz CT molecular complexity index is 728. The van der Waals surface area contributed by atoms with Crippen LogP contribution in [0.3, 0.4) is 0 Å². The normalized spacial score (nSPS) is 11.0. The van der Waals surface area contributed by atoms with Gasteiger partial charge in [0.05, 0.1) is 22.9 Å². The fraction of sp³-hybridized carbons (Fsp3) is 0.200. The van der Waals surface area contributed by atoms with Crippen molar-refractivity contribution in [3.05, 3.63) is 54.4 Å². The smallest absolute Gasteiger partial charge is 0.410 e. The van der Waals surface area contributed by atoms with E-state index in [9.17, 15) is 13.2 Å². The summed E-state index contributed by atoms with van der Waals surface area (Å²) >= 11 is 0. The molecule has 0 spiro atoms. The second-order valence-electron chi connectivity index (χ2n) is 4.44. The molecule has 0 saturated carbocycles. The largest absolute Gasteiger partial charge is 0.412 e. The third-order valence-electron chi connectivity index (χ3n) is 2.90. The number of benzene rings is 1. The van der Waals surface area contributed by atoms with Gasteiger partial charge in [-0.15, -0.1) is 0 Å². The highest BCUT2D eigenvalue weighted by Crippen LogP contribution is 2.10. The molecule has 0 fully saturated rings. The third kappa shape index (κ3) is 4.29. The molecule has 116 valence electrons. The van der Waals surface area contributed by atoms with Crippen LogP contribution in [-0.2, 0) is 16.4 Å². The molecule has 2 rings (SSSR count). The summed E-state index contributed by atoms with van der Waals surface area (Å²) < 4.78 is 28.4. The van der Waals surface area contributed by atoms with Crippen molar-refractivity contribution < 1.29 is 17.9 Å². The van der Waals surface area contributed by atoms with Crippen LogP contribution >= 0.6 is 0 Å². The zero-order chi connectivity index (χ0) is 16.0. The van der Waals surface area contributed by atoms with Gasteiger partial charge in [-0.05, 0) is 24.3 Å². The van der Waals surface area contributed by atoms with Gasteiger partial charge >= 0.3 is 6.09 Å². The van der Waals surface area contributed by atoms with Crippen molar-refractivity contribution in [2.45, 2.75) is 18.4 Å². The van der Waals surface area contributed by atoms with Crippen LogP contribution in [-0.4, -0.2) is 25.2 Å². The fourth-order valence-electron chi connectivity index (χ4n) is 1.66. The van der Waals surface area contributed by atoms with Crippen LogP contribution < -0.4 is 10.1 Å². The lowest BCUT2D eigenvalue weighted by molar-refractivity contribution is 0.200. The van der Waals surface area contributed by atoms with E-state index >= 15 is 0 Å². The van der Waals surface area contributed by atoms with Crippen LogP contribution in [0, 0.1) is 0 Å². The standard InChI is InChI=1S/C15H16N2O4S/c1-2-22(19,20)14-9-8-12(16-11-14)10-17-15(18)21-13-6-4-3-5-7-13/h3-9,11H,2,10H2,1H3,(H,17,18). The Balaban J connectivity index is 1.91. The first-order chi connectivity index (χ1) is 10.5. The molecule has 0 unspecified atom stereocenters. The summed E-state index contributed by atoms with van der Waals surface area (Å²) in [6.07, 6.45) is 0.691. The molecular formula is C15H16N2O4S. The lowest BCUT2D eigenvalue weighted by Crippen LogP contribution is -2.26. The molecule has 0 bridgehead atoms. The van der Waals surface area contributed by atoms with Crippen LogP contribution in [0.5, 0.6) is 5.75 Å². The molecule has 0 atom stereocenters. The molecule has 1 heterocycles. The first-order valence-electron chi connectivity index (χ1n) is 6.69. The summed E-state index contributed by atoms with van der Waals surface area (Å²) in [5.41, 5.74) is 0.542. The predicted octanol–water partition coefficient (Wildman–Crippen LogP) is 2.16. The Kier molecular flexibility index (Phi) is 5.11. The van der Waals surface area contributed by atoms with E-state index in [1.807, 2.05) is 6.07 Å². The van der Waals surface area contributed by atoms with Crippen molar-refractivity contribution in [1.29, 1.82) is 0 Å². The van der Waals surface area contributed by atoms with Gasteiger partial charge in [0.15, 0.2) is 9.84 Å². The molecule has 1 amide bonds. The van der Waals surface area contributed by atoms with Gasteiger partial charge in [-0.1, -0.05) is 25.1 Å². The zero-order valence-corrected chi connectivity index (χ0v) is 12.8. The second-order valence-corrected chi connectivity index (χ2v) is 6.72. The number of nitrogens with zero attached hydrogens (tertiary/aromatic N) is 1. The number of carbonyl (C=O) groups is 1.